The van der Waals surface area contributed by atoms with Gasteiger partial charge in [-0.05, 0) is 82.8 Å². The van der Waals surface area contributed by atoms with E-state index in [-0.39, 0.29) is 35.7 Å². The second-order valence-corrected chi connectivity index (χ2v) is 15.5. The molecule has 2 bridgehead atoms. The summed E-state index contributed by atoms with van der Waals surface area (Å²) in [5, 5.41) is 9.99. The van der Waals surface area contributed by atoms with Crippen LogP contribution in [0.1, 0.15) is 84.5 Å². The summed E-state index contributed by atoms with van der Waals surface area (Å²) in [5.41, 5.74) is 6.67. The van der Waals surface area contributed by atoms with E-state index in [1.54, 1.807) is 0 Å². The molecule has 6 aliphatic heterocycles. The van der Waals surface area contributed by atoms with Crippen molar-refractivity contribution < 1.29 is 18.4 Å². The lowest BCUT2D eigenvalue weighted by molar-refractivity contribution is -0.140. The molecule has 0 radical (unpaired) electrons. The quantitative estimate of drug-likeness (QED) is 0.315. The number of alkyl halides is 2. The molecule has 5 N–H and O–H groups in total. The van der Waals surface area contributed by atoms with Crippen LogP contribution in [-0.2, 0) is 9.59 Å². The number of fused-ring (bicyclic) bond motifs is 4. The number of halogens is 2. The Kier molecular flexibility index (Phi) is 11.5. The number of aliphatic imine (C=N–C) groups is 1. The molecule has 5 saturated heterocycles. The Hall–Kier alpha value is -1.73. The summed E-state index contributed by atoms with van der Waals surface area (Å²) >= 11 is 0. The molecule has 0 aromatic rings. The van der Waals surface area contributed by atoms with E-state index in [0.717, 1.165) is 51.9 Å². The fourth-order valence-corrected chi connectivity index (χ4v) is 9.95. The minimum absolute atomic E-state index is 0.000314. The maximum absolute atomic E-state index is 15.8. The van der Waals surface area contributed by atoms with Crippen LogP contribution in [0.2, 0.25) is 0 Å². The maximum atomic E-state index is 15.8. The zero-order valence-electron chi connectivity index (χ0n) is 28.7. The van der Waals surface area contributed by atoms with Gasteiger partial charge in [0.2, 0.25) is 11.8 Å². The van der Waals surface area contributed by atoms with Gasteiger partial charge < -0.3 is 21.3 Å². The number of hydrogen-bond donors (Lipinski definition) is 4. The molecule has 10 atom stereocenters. The van der Waals surface area contributed by atoms with Gasteiger partial charge in [-0.3, -0.25) is 29.7 Å². The van der Waals surface area contributed by atoms with E-state index in [1.807, 2.05) is 0 Å². The van der Waals surface area contributed by atoms with Gasteiger partial charge in [0.05, 0.1) is 30.2 Å². The van der Waals surface area contributed by atoms with E-state index in [1.165, 1.54) is 19.1 Å². The van der Waals surface area contributed by atoms with Crippen molar-refractivity contribution >= 4 is 18.0 Å². The van der Waals surface area contributed by atoms with Crippen molar-refractivity contribution in [1.29, 1.82) is 0 Å². The number of nitrogens with one attached hydrogen (secondary N) is 3. The number of piperazine rings is 1. The van der Waals surface area contributed by atoms with Gasteiger partial charge in [-0.25, -0.2) is 8.78 Å². The number of likely N-dealkylation sites (tertiary alicyclic amines) is 1. The van der Waals surface area contributed by atoms with E-state index in [9.17, 15) is 14.0 Å². The van der Waals surface area contributed by atoms with E-state index in [0.29, 0.717) is 57.8 Å². The lowest BCUT2D eigenvalue weighted by Gasteiger charge is -2.46. The summed E-state index contributed by atoms with van der Waals surface area (Å²) < 4.78 is 30.6. The smallest absolute Gasteiger partial charge is 0.228 e. The van der Waals surface area contributed by atoms with Crippen LogP contribution in [0.25, 0.3) is 0 Å². The Morgan fingerprint density at radius 1 is 1.02 bits per heavy atom. The number of rotatable bonds is 8. The lowest BCUT2D eigenvalue weighted by Crippen LogP contribution is -2.67. The molecule has 266 valence electrons. The van der Waals surface area contributed by atoms with Crippen LogP contribution in [-0.4, -0.2) is 134 Å². The van der Waals surface area contributed by atoms with Crippen molar-refractivity contribution in [3.8, 4) is 0 Å². The largest absolute Gasteiger partial charge is 0.350 e. The topological polar surface area (TPSA) is 118 Å². The van der Waals surface area contributed by atoms with Crippen LogP contribution in [0.3, 0.4) is 0 Å². The molecule has 6 rings (SSSR count). The molecule has 47 heavy (non-hydrogen) atoms. The number of nitrogens with two attached hydrogens (primary N) is 1. The fourth-order valence-electron chi connectivity index (χ4n) is 9.95. The van der Waals surface area contributed by atoms with Gasteiger partial charge in [0, 0.05) is 56.9 Å². The van der Waals surface area contributed by atoms with Crippen LogP contribution in [0.4, 0.5) is 8.78 Å². The highest BCUT2D eigenvalue weighted by Gasteiger charge is 2.50. The van der Waals surface area contributed by atoms with E-state index >= 15 is 4.39 Å². The van der Waals surface area contributed by atoms with Crippen molar-refractivity contribution in [2.75, 3.05) is 52.4 Å². The first-order valence-corrected chi connectivity index (χ1v) is 18.8. The Balaban J connectivity index is 1.13. The predicted octanol–water partition coefficient (Wildman–Crippen LogP) is 2.22. The minimum Gasteiger partial charge on any atom is -0.350 e. The summed E-state index contributed by atoms with van der Waals surface area (Å²) in [4.78, 5) is 39.2. The fraction of sp³-hybridized carbons (Fsp3) is 0.914. The Bertz CT molecular complexity index is 1110. The second kappa shape index (κ2) is 15.4. The SMILES string of the molecule is CCCCC1(CC)CC2/N=C\C(F)CCC1NC(N)C2C(=O)NC1CNCC(F)C1N1CCC(C(=O)N2CCN3CCCC3C2)CC1. The molecular formula is C35H60F2N8O2. The van der Waals surface area contributed by atoms with Crippen LogP contribution in [0, 0.1) is 17.3 Å². The molecule has 0 spiro atoms. The molecule has 10 nitrogen and oxygen atoms in total. The monoisotopic (exact) mass is 662 g/mol. The molecule has 0 aromatic carbocycles. The molecule has 0 saturated carbocycles. The van der Waals surface area contributed by atoms with Gasteiger partial charge in [-0.15, -0.1) is 0 Å². The molecule has 5 fully saturated rings. The van der Waals surface area contributed by atoms with Crippen LogP contribution < -0.4 is 21.7 Å². The molecule has 12 heteroatoms. The van der Waals surface area contributed by atoms with E-state index in [4.69, 9.17) is 10.7 Å². The maximum Gasteiger partial charge on any atom is 0.228 e. The third kappa shape index (κ3) is 7.56. The standard InChI is InChI=1S/C35H60F2N8O2/c1-3-5-12-35(4-2)18-27-30(32(38)42-29(35)9-8-24(36)19-40-27)33(46)41-28-21-39-20-26(37)31(28)44-14-10-23(11-15-44)34(47)45-17-16-43-13-6-7-25(43)22-45/h19,23-32,39,42H,3-18,20-22,38H2,1-2H3,(H,41,46)/b40-19-. The number of nitrogens with zero attached hydrogens (tertiary/aromatic N) is 4. The molecule has 6 heterocycles. The van der Waals surface area contributed by atoms with Gasteiger partial charge >= 0.3 is 0 Å². The summed E-state index contributed by atoms with van der Waals surface area (Å²) in [6, 6.07) is -0.901. The average Bonchev–Trinajstić information content (AvgIpc) is 3.52. The normalized spacial score (nSPS) is 41.4. The third-order valence-electron chi connectivity index (χ3n) is 12.8. The molecule has 0 aromatic heterocycles. The average molecular weight is 663 g/mol. The number of carbonyl (C=O) groups excluding carboxylic acids is 2. The zero-order chi connectivity index (χ0) is 33.1. The number of amides is 2. The Morgan fingerprint density at radius 2 is 1.83 bits per heavy atom. The van der Waals surface area contributed by atoms with Gasteiger partial charge in [0.25, 0.3) is 0 Å². The molecule has 6 aliphatic rings. The van der Waals surface area contributed by atoms with Crippen molar-refractivity contribution in [3.05, 3.63) is 0 Å². The summed E-state index contributed by atoms with van der Waals surface area (Å²) in [5.74, 6) is -0.712. The highest BCUT2D eigenvalue weighted by Crippen LogP contribution is 2.45. The molecule has 0 aliphatic carbocycles. The first-order chi connectivity index (χ1) is 22.7. The number of hydrogen-bond acceptors (Lipinski definition) is 8. The van der Waals surface area contributed by atoms with Gasteiger partial charge in [0.1, 0.15) is 12.3 Å². The summed E-state index contributed by atoms with van der Waals surface area (Å²) in [6.45, 7) is 10.1. The van der Waals surface area contributed by atoms with Crippen LogP contribution >= 0.6 is 0 Å². The van der Waals surface area contributed by atoms with Crippen LogP contribution in [0.5, 0.6) is 0 Å². The first-order valence-electron chi connectivity index (χ1n) is 18.8. The first kappa shape index (κ1) is 35.1. The Morgan fingerprint density at radius 3 is 2.60 bits per heavy atom. The van der Waals surface area contributed by atoms with Crippen molar-refractivity contribution in [3.63, 3.8) is 0 Å². The minimum atomic E-state index is -1.16. The summed E-state index contributed by atoms with van der Waals surface area (Å²) in [6.07, 6.45) is 7.96. The predicted molar refractivity (Wildman–Crippen MR) is 181 cm³/mol. The van der Waals surface area contributed by atoms with Crippen LogP contribution in [0.15, 0.2) is 4.99 Å². The second-order valence-electron chi connectivity index (χ2n) is 15.5. The van der Waals surface area contributed by atoms with Gasteiger partial charge in [-0.1, -0.05) is 26.7 Å². The molecular weight excluding hydrogens is 602 g/mol. The van der Waals surface area contributed by atoms with Crippen molar-refractivity contribution in [1.82, 2.24) is 30.7 Å². The molecule has 2 amide bonds. The van der Waals surface area contributed by atoms with Gasteiger partial charge in [-0.2, -0.15) is 0 Å². The zero-order valence-corrected chi connectivity index (χ0v) is 28.7. The lowest BCUT2D eigenvalue weighted by atomic mass is 9.68. The number of unbranched alkanes of at least 4 members (excludes halogenated alkanes) is 1. The summed E-state index contributed by atoms with van der Waals surface area (Å²) in [7, 11) is 0. The Labute approximate surface area is 280 Å². The van der Waals surface area contributed by atoms with Crippen molar-refractivity contribution in [2.45, 2.75) is 133 Å². The number of carbonyl (C=O) groups is 2. The third-order valence-corrected chi connectivity index (χ3v) is 12.8. The van der Waals surface area contributed by atoms with E-state index < -0.39 is 42.6 Å². The molecule has 10 unspecified atom stereocenters. The highest BCUT2D eigenvalue weighted by atomic mass is 19.1. The van der Waals surface area contributed by atoms with Crippen molar-refractivity contribution in [2.24, 2.45) is 28.0 Å². The number of piperidine rings is 2. The highest BCUT2D eigenvalue weighted by molar-refractivity contribution is 5.81. The van der Waals surface area contributed by atoms with Gasteiger partial charge in [0.15, 0.2) is 0 Å². The van der Waals surface area contributed by atoms with E-state index in [2.05, 4.69) is 44.5 Å².